The molecule has 3 rings (SSSR count). The van der Waals surface area contributed by atoms with E-state index in [1.165, 1.54) is 24.3 Å². The van der Waals surface area contributed by atoms with Crippen LogP contribution in [0, 0.1) is 0 Å². The van der Waals surface area contributed by atoms with Crippen molar-refractivity contribution in [2.45, 2.75) is 11.6 Å². The van der Waals surface area contributed by atoms with Crippen molar-refractivity contribution in [1.29, 1.82) is 0 Å². The van der Waals surface area contributed by atoms with E-state index in [0.717, 1.165) is 0 Å². The van der Waals surface area contributed by atoms with Crippen molar-refractivity contribution >= 4 is 12.2 Å². The smallest absolute Gasteiger partial charge is 0.406 e. The molecular formula is C22H20N2O5. The third-order valence-corrected chi connectivity index (χ3v) is 4.63. The molecular weight excluding hydrogens is 372 g/mol. The van der Waals surface area contributed by atoms with Gasteiger partial charge in [-0.25, -0.2) is 9.59 Å². The lowest BCUT2D eigenvalue weighted by atomic mass is 9.76. The van der Waals surface area contributed by atoms with Crippen molar-refractivity contribution in [2.24, 2.45) is 0 Å². The second kappa shape index (κ2) is 8.35. The molecule has 0 bridgehead atoms. The van der Waals surface area contributed by atoms with Gasteiger partial charge >= 0.3 is 12.2 Å². The van der Waals surface area contributed by atoms with Gasteiger partial charge in [0.1, 0.15) is 5.75 Å². The summed E-state index contributed by atoms with van der Waals surface area (Å²) in [6.07, 6.45) is -2.80. The highest BCUT2D eigenvalue weighted by Crippen LogP contribution is 2.40. The number of carboxylic acid groups (broad SMARTS) is 2. The van der Waals surface area contributed by atoms with Gasteiger partial charge in [-0.1, -0.05) is 72.8 Å². The fraction of sp³-hybridized carbons (Fsp3) is 0.0909. The van der Waals surface area contributed by atoms with Crippen molar-refractivity contribution in [1.82, 2.24) is 10.6 Å². The molecule has 2 amide bonds. The van der Waals surface area contributed by atoms with Crippen LogP contribution in [0.15, 0.2) is 84.9 Å². The maximum atomic E-state index is 11.8. The van der Waals surface area contributed by atoms with E-state index in [-0.39, 0.29) is 5.75 Å². The topological polar surface area (TPSA) is 119 Å². The summed E-state index contributed by atoms with van der Waals surface area (Å²) in [7, 11) is 0. The molecule has 0 aliphatic rings. The second-order valence-corrected chi connectivity index (χ2v) is 6.47. The number of phenolic OH excluding ortho intramolecular Hbond substituents is 1. The first kappa shape index (κ1) is 19.8. The Hall–Kier alpha value is -4.00. The summed E-state index contributed by atoms with van der Waals surface area (Å²) in [5.41, 5.74) is -0.0185. The molecule has 0 spiro atoms. The zero-order chi connectivity index (χ0) is 20.9. The predicted molar refractivity (Wildman–Crippen MR) is 107 cm³/mol. The van der Waals surface area contributed by atoms with Gasteiger partial charge in [0.15, 0.2) is 5.66 Å². The summed E-state index contributed by atoms with van der Waals surface area (Å²) in [6, 6.07) is 23.8. The summed E-state index contributed by atoms with van der Waals surface area (Å²) in [6.45, 7) is 0. The van der Waals surface area contributed by atoms with Gasteiger partial charge in [0.2, 0.25) is 0 Å². The van der Waals surface area contributed by atoms with E-state index in [1.807, 2.05) is 12.1 Å². The van der Waals surface area contributed by atoms with Gasteiger partial charge in [0.05, 0.1) is 5.92 Å². The van der Waals surface area contributed by atoms with Crippen LogP contribution in [-0.2, 0) is 5.66 Å². The molecule has 5 N–H and O–H groups in total. The number of amides is 2. The molecule has 0 atom stereocenters. The molecule has 3 aromatic carbocycles. The summed E-state index contributed by atoms with van der Waals surface area (Å²) in [4.78, 5) is 23.6. The minimum atomic E-state index is -1.76. The highest BCUT2D eigenvalue weighted by Gasteiger charge is 2.45. The minimum Gasteiger partial charge on any atom is -0.508 e. The van der Waals surface area contributed by atoms with Gasteiger partial charge in [-0.3, -0.25) is 10.6 Å². The van der Waals surface area contributed by atoms with Crippen molar-refractivity contribution in [3.63, 3.8) is 0 Å². The first-order chi connectivity index (χ1) is 13.9. The predicted octanol–water partition coefficient (Wildman–Crippen LogP) is 3.91. The van der Waals surface area contributed by atoms with Crippen LogP contribution in [-0.4, -0.2) is 27.5 Å². The van der Waals surface area contributed by atoms with E-state index in [1.54, 1.807) is 48.5 Å². The average molecular weight is 392 g/mol. The van der Waals surface area contributed by atoms with Crippen molar-refractivity contribution < 1.29 is 24.9 Å². The molecule has 0 unspecified atom stereocenters. The molecule has 0 radical (unpaired) electrons. The Kier molecular flexibility index (Phi) is 5.69. The molecule has 0 heterocycles. The Balaban J connectivity index is 2.33. The van der Waals surface area contributed by atoms with Gasteiger partial charge in [0.25, 0.3) is 0 Å². The lowest BCUT2D eigenvalue weighted by Crippen LogP contribution is -2.61. The largest absolute Gasteiger partial charge is 0.508 e. The van der Waals surface area contributed by atoms with E-state index >= 15 is 0 Å². The van der Waals surface area contributed by atoms with Crippen LogP contribution in [0.4, 0.5) is 9.59 Å². The Morgan fingerprint density at radius 1 is 0.690 bits per heavy atom. The highest BCUT2D eigenvalue weighted by atomic mass is 16.4. The maximum Gasteiger partial charge on any atom is 0.406 e. The van der Waals surface area contributed by atoms with Crippen LogP contribution in [0.25, 0.3) is 0 Å². The van der Waals surface area contributed by atoms with Crippen LogP contribution < -0.4 is 10.6 Å². The van der Waals surface area contributed by atoms with Crippen molar-refractivity contribution in [2.75, 3.05) is 0 Å². The Labute approximate surface area is 167 Å². The number of rotatable bonds is 6. The van der Waals surface area contributed by atoms with E-state index in [9.17, 15) is 24.9 Å². The van der Waals surface area contributed by atoms with E-state index in [0.29, 0.717) is 16.7 Å². The number of aromatic hydroxyl groups is 1. The van der Waals surface area contributed by atoms with Crippen LogP contribution in [0.2, 0.25) is 0 Å². The number of benzene rings is 3. The molecule has 7 nitrogen and oxygen atoms in total. The molecule has 29 heavy (non-hydrogen) atoms. The Morgan fingerprint density at radius 3 is 1.48 bits per heavy atom. The van der Waals surface area contributed by atoms with Gasteiger partial charge in [0, 0.05) is 0 Å². The van der Waals surface area contributed by atoms with Crippen molar-refractivity contribution in [3.05, 3.63) is 102 Å². The zero-order valence-electron chi connectivity index (χ0n) is 15.3. The van der Waals surface area contributed by atoms with Gasteiger partial charge < -0.3 is 15.3 Å². The van der Waals surface area contributed by atoms with Gasteiger partial charge in [-0.05, 0) is 28.8 Å². The SMILES string of the molecule is O=C(O)NC(NC(=O)O)(c1ccc(O)cc1)C(c1ccccc1)c1ccccc1. The number of hydrogen-bond donors (Lipinski definition) is 5. The fourth-order valence-electron chi connectivity index (χ4n) is 3.53. The lowest BCUT2D eigenvalue weighted by Gasteiger charge is -2.41. The first-order valence-corrected chi connectivity index (χ1v) is 8.84. The van der Waals surface area contributed by atoms with Crippen LogP contribution >= 0.6 is 0 Å². The Morgan fingerprint density at radius 2 is 1.10 bits per heavy atom. The fourth-order valence-corrected chi connectivity index (χ4v) is 3.53. The minimum absolute atomic E-state index is 0.0238. The monoisotopic (exact) mass is 392 g/mol. The van der Waals surface area contributed by atoms with Crippen molar-refractivity contribution in [3.8, 4) is 5.75 Å². The summed E-state index contributed by atoms with van der Waals surface area (Å²) >= 11 is 0. The summed E-state index contributed by atoms with van der Waals surface area (Å²) < 4.78 is 0. The molecule has 0 aliphatic heterocycles. The summed E-state index contributed by atoms with van der Waals surface area (Å²) in [5, 5.41) is 33.7. The second-order valence-electron chi connectivity index (χ2n) is 6.47. The van der Waals surface area contributed by atoms with E-state index in [4.69, 9.17) is 0 Å². The lowest BCUT2D eigenvalue weighted by molar-refractivity contribution is 0.143. The normalized spacial score (nSPS) is 11.1. The number of hydrogen-bond acceptors (Lipinski definition) is 3. The van der Waals surface area contributed by atoms with Gasteiger partial charge in [-0.2, -0.15) is 0 Å². The number of phenols is 1. The maximum absolute atomic E-state index is 11.8. The van der Waals surface area contributed by atoms with E-state index in [2.05, 4.69) is 10.6 Å². The average Bonchev–Trinajstić information content (AvgIpc) is 2.69. The molecule has 0 saturated heterocycles. The quantitative estimate of drug-likeness (QED) is 0.408. The first-order valence-electron chi connectivity index (χ1n) is 8.84. The highest BCUT2D eigenvalue weighted by molar-refractivity contribution is 5.72. The van der Waals surface area contributed by atoms with E-state index < -0.39 is 23.8 Å². The van der Waals surface area contributed by atoms with Gasteiger partial charge in [-0.15, -0.1) is 0 Å². The standard InChI is InChI=1S/C22H20N2O5/c25-18-13-11-17(12-14-18)22(23-20(26)27,24-21(28)29)19(15-7-3-1-4-8-15)16-9-5-2-6-10-16/h1-14,19,23-25H,(H,26,27)(H,28,29). The number of nitrogens with one attached hydrogen (secondary N) is 2. The molecule has 0 fully saturated rings. The molecule has 0 saturated carbocycles. The van der Waals surface area contributed by atoms with Crippen LogP contribution in [0.1, 0.15) is 22.6 Å². The summed E-state index contributed by atoms with van der Waals surface area (Å²) in [5.74, 6) is -0.758. The molecule has 148 valence electrons. The van der Waals surface area contributed by atoms with Crippen LogP contribution in [0.5, 0.6) is 5.75 Å². The van der Waals surface area contributed by atoms with Crippen LogP contribution in [0.3, 0.4) is 0 Å². The Bertz CT molecular complexity index is 920. The molecule has 0 aliphatic carbocycles. The zero-order valence-corrected chi connectivity index (χ0v) is 15.3. The molecule has 7 heteroatoms. The third-order valence-electron chi connectivity index (χ3n) is 4.63. The third kappa shape index (κ3) is 4.30. The molecule has 3 aromatic rings. The number of carbonyl (C=O) groups is 2. The molecule has 0 aromatic heterocycles.